The molecule has 0 radical (unpaired) electrons. The van der Waals surface area contributed by atoms with Gasteiger partial charge in [-0.05, 0) is 38.3 Å². The average Bonchev–Trinajstić information content (AvgIpc) is 2.39. The number of hydrogen-bond donors (Lipinski definition) is 1. The van der Waals surface area contributed by atoms with Crippen molar-refractivity contribution >= 4 is 11.6 Å². The molecule has 1 aromatic carbocycles. The van der Waals surface area contributed by atoms with Gasteiger partial charge in [0.25, 0.3) is 0 Å². The normalized spacial score (nSPS) is 18.1. The molecule has 1 aromatic rings. The van der Waals surface area contributed by atoms with E-state index in [1.165, 1.54) is 6.42 Å². The van der Waals surface area contributed by atoms with Crippen LogP contribution in [0.5, 0.6) is 11.5 Å². The summed E-state index contributed by atoms with van der Waals surface area (Å²) in [4.78, 5) is 0. The minimum Gasteiger partial charge on any atom is -0.493 e. The van der Waals surface area contributed by atoms with Crippen LogP contribution in [0.25, 0.3) is 0 Å². The summed E-state index contributed by atoms with van der Waals surface area (Å²) in [6.07, 6.45) is 5.58. The summed E-state index contributed by atoms with van der Waals surface area (Å²) in [5.74, 6) is 1.38. The van der Waals surface area contributed by atoms with Crippen LogP contribution in [0.2, 0.25) is 5.02 Å². The zero-order valence-corrected chi connectivity index (χ0v) is 13.3. The van der Waals surface area contributed by atoms with Gasteiger partial charge in [-0.25, -0.2) is 0 Å². The molecule has 0 aliphatic heterocycles. The summed E-state index contributed by atoms with van der Waals surface area (Å²) in [6.45, 7) is 3.96. The van der Waals surface area contributed by atoms with Crippen LogP contribution < -0.4 is 15.2 Å². The van der Waals surface area contributed by atoms with Crippen LogP contribution in [-0.4, -0.2) is 13.2 Å². The van der Waals surface area contributed by atoms with Crippen molar-refractivity contribution in [1.29, 1.82) is 0 Å². The summed E-state index contributed by atoms with van der Waals surface area (Å²) in [5.41, 5.74) is 7.22. The van der Waals surface area contributed by atoms with E-state index in [0.29, 0.717) is 16.5 Å². The molecule has 112 valence electrons. The summed E-state index contributed by atoms with van der Waals surface area (Å²) >= 11 is 6.45. The number of ether oxygens (including phenoxy) is 2. The van der Waals surface area contributed by atoms with Gasteiger partial charge in [-0.3, -0.25) is 0 Å². The number of benzene rings is 1. The van der Waals surface area contributed by atoms with E-state index in [4.69, 9.17) is 26.8 Å². The fourth-order valence-corrected chi connectivity index (χ4v) is 3.22. The summed E-state index contributed by atoms with van der Waals surface area (Å²) < 4.78 is 11.2. The van der Waals surface area contributed by atoms with E-state index in [1.807, 2.05) is 26.0 Å². The summed E-state index contributed by atoms with van der Waals surface area (Å²) in [6, 6.07) is 3.78. The Morgan fingerprint density at radius 3 is 2.35 bits per heavy atom. The molecule has 1 aliphatic rings. The van der Waals surface area contributed by atoms with Gasteiger partial charge in [-0.2, -0.15) is 0 Å². The Labute approximate surface area is 126 Å². The fraction of sp³-hybridized carbons (Fsp3) is 0.625. The van der Waals surface area contributed by atoms with E-state index >= 15 is 0 Å². The molecule has 1 fully saturated rings. The lowest BCUT2D eigenvalue weighted by atomic mass is 9.77. The SMILES string of the molecule is COc1cc(C2(N)CCCCC2)c(Cl)cc1OC(C)C. The van der Waals surface area contributed by atoms with Crippen molar-refractivity contribution in [3.05, 3.63) is 22.7 Å². The minimum absolute atomic E-state index is 0.0762. The van der Waals surface area contributed by atoms with E-state index in [1.54, 1.807) is 7.11 Å². The fourth-order valence-electron chi connectivity index (χ4n) is 2.87. The predicted octanol–water partition coefficient (Wildman–Crippen LogP) is 4.25. The molecule has 0 aromatic heterocycles. The van der Waals surface area contributed by atoms with Crippen LogP contribution >= 0.6 is 11.6 Å². The Bertz CT molecular complexity index is 468. The lowest BCUT2D eigenvalue weighted by Gasteiger charge is -2.35. The monoisotopic (exact) mass is 297 g/mol. The quantitative estimate of drug-likeness (QED) is 0.903. The Balaban J connectivity index is 2.39. The third-order valence-electron chi connectivity index (χ3n) is 3.90. The van der Waals surface area contributed by atoms with Crippen molar-refractivity contribution in [3.63, 3.8) is 0 Å². The largest absolute Gasteiger partial charge is 0.493 e. The first kappa shape index (κ1) is 15.5. The van der Waals surface area contributed by atoms with Crippen LogP contribution in [0.1, 0.15) is 51.5 Å². The number of hydrogen-bond acceptors (Lipinski definition) is 3. The summed E-state index contributed by atoms with van der Waals surface area (Å²) in [7, 11) is 1.64. The molecule has 1 saturated carbocycles. The molecule has 3 nitrogen and oxygen atoms in total. The van der Waals surface area contributed by atoms with Gasteiger partial charge >= 0.3 is 0 Å². The average molecular weight is 298 g/mol. The maximum absolute atomic E-state index is 6.58. The molecule has 20 heavy (non-hydrogen) atoms. The van der Waals surface area contributed by atoms with E-state index in [2.05, 4.69) is 0 Å². The highest BCUT2D eigenvalue weighted by Gasteiger charge is 2.32. The second-order valence-corrected chi connectivity index (χ2v) is 6.27. The smallest absolute Gasteiger partial charge is 0.163 e. The minimum atomic E-state index is -0.334. The number of methoxy groups -OCH3 is 1. The molecular formula is C16H24ClNO2. The van der Waals surface area contributed by atoms with Crippen LogP contribution in [-0.2, 0) is 5.54 Å². The van der Waals surface area contributed by atoms with Gasteiger partial charge in [-0.1, -0.05) is 30.9 Å². The lowest BCUT2D eigenvalue weighted by Crippen LogP contribution is -2.38. The highest BCUT2D eigenvalue weighted by molar-refractivity contribution is 6.31. The van der Waals surface area contributed by atoms with E-state index in [0.717, 1.165) is 31.2 Å². The van der Waals surface area contributed by atoms with Crippen molar-refractivity contribution in [2.75, 3.05) is 7.11 Å². The van der Waals surface area contributed by atoms with Crippen LogP contribution in [0.4, 0.5) is 0 Å². The van der Waals surface area contributed by atoms with E-state index in [9.17, 15) is 0 Å². The molecule has 1 aliphatic carbocycles. The molecule has 0 heterocycles. The van der Waals surface area contributed by atoms with Gasteiger partial charge in [0.15, 0.2) is 11.5 Å². The molecule has 0 unspecified atom stereocenters. The highest BCUT2D eigenvalue weighted by atomic mass is 35.5. The van der Waals surface area contributed by atoms with Crippen molar-refractivity contribution in [3.8, 4) is 11.5 Å². The van der Waals surface area contributed by atoms with Crippen LogP contribution in [0.3, 0.4) is 0 Å². The first-order valence-electron chi connectivity index (χ1n) is 7.30. The third-order valence-corrected chi connectivity index (χ3v) is 4.21. The van der Waals surface area contributed by atoms with Gasteiger partial charge in [-0.15, -0.1) is 0 Å². The lowest BCUT2D eigenvalue weighted by molar-refractivity contribution is 0.229. The summed E-state index contributed by atoms with van der Waals surface area (Å²) in [5, 5.41) is 0.672. The van der Waals surface area contributed by atoms with Crippen LogP contribution in [0, 0.1) is 0 Å². The molecule has 0 saturated heterocycles. The van der Waals surface area contributed by atoms with Gasteiger partial charge in [0, 0.05) is 16.6 Å². The van der Waals surface area contributed by atoms with Crippen molar-refractivity contribution < 1.29 is 9.47 Å². The maximum atomic E-state index is 6.58. The molecule has 2 rings (SSSR count). The predicted molar refractivity (Wildman–Crippen MR) is 82.7 cm³/mol. The Kier molecular flexibility index (Phi) is 4.82. The number of rotatable bonds is 4. The maximum Gasteiger partial charge on any atom is 0.163 e. The molecule has 4 heteroatoms. The van der Waals surface area contributed by atoms with Gasteiger partial charge in [0.1, 0.15) is 0 Å². The Morgan fingerprint density at radius 1 is 1.15 bits per heavy atom. The third kappa shape index (κ3) is 3.21. The molecule has 0 amide bonds. The van der Waals surface area contributed by atoms with Gasteiger partial charge < -0.3 is 15.2 Å². The molecule has 0 spiro atoms. The molecule has 0 atom stereocenters. The van der Waals surface area contributed by atoms with Crippen LogP contribution in [0.15, 0.2) is 12.1 Å². The Hall–Kier alpha value is -0.930. The molecule has 2 N–H and O–H groups in total. The van der Waals surface area contributed by atoms with E-state index < -0.39 is 0 Å². The standard InChI is InChI=1S/C16H24ClNO2/c1-11(2)20-15-10-13(17)12(9-14(15)19-3)16(18)7-5-4-6-8-16/h9-11H,4-8,18H2,1-3H3. The second-order valence-electron chi connectivity index (χ2n) is 5.87. The number of nitrogens with two attached hydrogens (primary N) is 1. The zero-order valence-electron chi connectivity index (χ0n) is 12.5. The zero-order chi connectivity index (χ0) is 14.8. The number of halogens is 1. The van der Waals surface area contributed by atoms with Gasteiger partial charge in [0.2, 0.25) is 0 Å². The molecule has 0 bridgehead atoms. The van der Waals surface area contributed by atoms with Gasteiger partial charge in [0.05, 0.1) is 13.2 Å². The topological polar surface area (TPSA) is 44.5 Å². The van der Waals surface area contributed by atoms with Crippen molar-refractivity contribution in [2.45, 2.75) is 57.6 Å². The second kappa shape index (κ2) is 6.23. The van der Waals surface area contributed by atoms with E-state index in [-0.39, 0.29) is 11.6 Å². The van der Waals surface area contributed by atoms with Crippen molar-refractivity contribution in [1.82, 2.24) is 0 Å². The Morgan fingerprint density at radius 2 is 1.80 bits per heavy atom. The first-order chi connectivity index (χ1) is 9.46. The van der Waals surface area contributed by atoms with Crippen molar-refractivity contribution in [2.24, 2.45) is 5.73 Å². The highest BCUT2D eigenvalue weighted by Crippen LogP contribution is 2.43. The first-order valence-corrected chi connectivity index (χ1v) is 7.67. The molecular weight excluding hydrogens is 274 g/mol.